The maximum Gasteiger partial charge on any atom is 0.257 e. The molecule has 5 heteroatoms. The summed E-state index contributed by atoms with van der Waals surface area (Å²) in [6, 6.07) is 21.7. The van der Waals surface area contributed by atoms with Crippen LogP contribution in [0.2, 0.25) is 0 Å². The van der Waals surface area contributed by atoms with E-state index in [0.717, 1.165) is 29.1 Å². The van der Waals surface area contributed by atoms with Gasteiger partial charge >= 0.3 is 0 Å². The summed E-state index contributed by atoms with van der Waals surface area (Å²) in [5.41, 5.74) is 4.39. The minimum absolute atomic E-state index is 0.152. The van der Waals surface area contributed by atoms with Crippen LogP contribution in [0.1, 0.15) is 27.3 Å². The summed E-state index contributed by atoms with van der Waals surface area (Å²) in [5.74, 6) is 0.597. The van der Waals surface area contributed by atoms with E-state index in [9.17, 15) is 4.79 Å². The maximum absolute atomic E-state index is 12.7. The summed E-state index contributed by atoms with van der Waals surface area (Å²) >= 11 is 0. The molecule has 4 aromatic rings. The van der Waals surface area contributed by atoms with Gasteiger partial charge < -0.3 is 5.32 Å². The molecule has 1 N–H and O–H groups in total. The Morgan fingerprint density at radius 2 is 1.73 bits per heavy atom. The number of aromatic nitrogens is 3. The van der Waals surface area contributed by atoms with Gasteiger partial charge in [0.1, 0.15) is 5.82 Å². The Morgan fingerprint density at radius 1 is 0.962 bits per heavy atom. The molecule has 0 atom stereocenters. The minimum Gasteiger partial charge on any atom is -0.322 e. The number of fused-ring (bicyclic) bond motifs is 1. The zero-order valence-corrected chi connectivity index (χ0v) is 14.4. The number of nitrogens with zero attached hydrogens (tertiary/aromatic N) is 3. The van der Waals surface area contributed by atoms with Gasteiger partial charge in [-0.25, -0.2) is 0 Å². The van der Waals surface area contributed by atoms with Crippen molar-refractivity contribution in [2.24, 2.45) is 0 Å². The van der Waals surface area contributed by atoms with E-state index in [4.69, 9.17) is 0 Å². The fraction of sp³-hybridized carbons (Fsp3) is 0.0952. The number of amides is 1. The smallest absolute Gasteiger partial charge is 0.257 e. The number of para-hydroxylation sites is 1. The molecule has 0 bridgehead atoms. The van der Waals surface area contributed by atoms with Crippen molar-refractivity contribution >= 4 is 17.2 Å². The standard InChI is InChI=1S/C21H18N4O/c1-15-23-24-20-12-11-18(14-25(15)20)21(26)22-19-10-6-5-9-17(19)13-16-7-3-2-4-8-16/h2-12,14H,13H2,1H3,(H,22,26). The third kappa shape index (κ3) is 3.19. The van der Waals surface area contributed by atoms with Crippen LogP contribution in [-0.2, 0) is 6.42 Å². The molecule has 0 saturated carbocycles. The summed E-state index contributed by atoms with van der Waals surface area (Å²) in [4.78, 5) is 12.7. The molecule has 0 aliphatic carbocycles. The monoisotopic (exact) mass is 342 g/mol. The number of aryl methyl sites for hydroxylation is 1. The van der Waals surface area contributed by atoms with E-state index in [1.165, 1.54) is 5.56 Å². The quantitative estimate of drug-likeness (QED) is 0.612. The fourth-order valence-corrected chi connectivity index (χ4v) is 2.95. The lowest BCUT2D eigenvalue weighted by molar-refractivity contribution is 0.102. The van der Waals surface area contributed by atoms with Crippen LogP contribution in [0.15, 0.2) is 72.9 Å². The first-order valence-corrected chi connectivity index (χ1v) is 8.45. The molecule has 0 radical (unpaired) electrons. The predicted molar refractivity (Wildman–Crippen MR) is 101 cm³/mol. The second kappa shape index (κ2) is 6.80. The third-order valence-corrected chi connectivity index (χ3v) is 4.34. The Kier molecular flexibility index (Phi) is 4.19. The van der Waals surface area contributed by atoms with Gasteiger partial charge in [0.15, 0.2) is 5.65 Å². The first-order chi connectivity index (χ1) is 12.7. The van der Waals surface area contributed by atoms with Crippen LogP contribution in [-0.4, -0.2) is 20.5 Å². The Balaban J connectivity index is 1.60. The molecule has 0 aliphatic rings. The fourth-order valence-electron chi connectivity index (χ4n) is 2.95. The lowest BCUT2D eigenvalue weighted by atomic mass is 10.0. The highest BCUT2D eigenvalue weighted by Crippen LogP contribution is 2.20. The van der Waals surface area contributed by atoms with Gasteiger partial charge in [-0.3, -0.25) is 9.20 Å². The summed E-state index contributed by atoms with van der Waals surface area (Å²) in [6.07, 6.45) is 2.53. The molecule has 128 valence electrons. The Morgan fingerprint density at radius 3 is 2.58 bits per heavy atom. The number of nitrogens with one attached hydrogen (secondary N) is 1. The largest absolute Gasteiger partial charge is 0.322 e. The van der Waals surface area contributed by atoms with Gasteiger partial charge in [0, 0.05) is 11.9 Å². The molecule has 5 nitrogen and oxygen atoms in total. The highest BCUT2D eigenvalue weighted by Gasteiger charge is 2.11. The second-order valence-corrected chi connectivity index (χ2v) is 6.17. The van der Waals surface area contributed by atoms with E-state index < -0.39 is 0 Å². The van der Waals surface area contributed by atoms with Crippen LogP contribution >= 0.6 is 0 Å². The van der Waals surface area contributed by atoms with Crippen LogP contribution in [0.3, 0.4) is 0 Å². The number of pyridine rings is 1. The summed E-state index contributed by atoms with van der Waals surface area (Å²) in [6.45, 7) is 1.86. The zero-order chi connectivity index (χ0) is 17.9. The first-order valence-electron chi connectivity index (χ1n) is 8.45. The SMILES string of the molecule is Cc1nnc2ccc(C(=O)Nc3ccccc3Cc3ccccc3)cn12. The minimum atomic E-state index is -0.152. The molecule has 1 amide bonds. The van der Waals surface area contributed by atoms with Gasteiger partial charge in [0.2, 0.25) is 0 Å². The molecule has 4 rings (SSSR count). The normalized spacial score (nSPS) is 10.8. The average molecular weight is 342 g/mol. The van der Waals surface area contributed by atoms with Crippen molar-refractivity contribution in [1.82, 2.24) is 14.6 Å². The topological polar surface area (TPSA) is 59.3 Å². The molecule has 0 spiro atoms. The Hall–Kier alpha value is -3.47. The molecule has 2 aromatic heterocycles. The molecular formula is C21H18N4O. The molecule has 0 fully saturated rings. The third-order valence-electron chi connectivity index (χ3n) is 4.34. The number of benzene rings is 2. The van der Waals surface area contributed by atoms with Crippen LogP contribution in [0.4, 0.5) is 5.69 Å². The highest BCUT2D eigenvalue weighted by atomic mass is 16.1. The van der Waals surface area contributed by atoms with Crippen molar-refractivity contribution < 1.29 is 4.79 Å². The molecular weight excluding hydrogens is 324 g/mol. The van der Waals surface area contributed by atoms with Crippen LogP contribution in [0, 0.1) is 6.92 Å². The zero-order valence-electron chi connectivity index (χ0n) is 14.4. The van der Waals surface area contributed by atoms with Crippen LogP contribution in [0.25, 0.3) is 5.65 Å². The molecule has 0 saturated heterocycles. The number of anilines is 1. The number of carbonyl (C=O) groups excluding carboxylic acids is 1. The van der Waals surface area contributed by atoms with E-state index in [2.05, 4.69) is 27.6 Å². The van der Waals surface area contributed by atoms with E-state index in [-0.39, 0.29) is 5.91 Å². The van der Waals surface area contributed by atoms with Crippen molar-refractivity contribution in [1.29, 1.82) is 0 Å². The van der Waals surface area contributed by atoms with E-state index >= 15 is 0 Å². The van der Waals surface area contributed by atoms with Gasteiger partial charge in [0.05, 0.1) is 5.56 Å². The van der Waals surface area contributed by atoms with Gasteiger partial charge in [-0.1, -0.05) is 48.5 Å². The Bertz CT molecular complexity index is 1070. The summed E-state index contributed by atoms with van der Waals surface area (Å²) < 4.78 is 1.81. The second-order valence-electron chi connectivity index (χ2n) is 6.17. The van der Waals surface area contributed by atoms with E-state index in [1.54, 1.807) is 18.3 Å². The molecule has 0 unspecified atom stereocenters. The first kappa shape index (κ1) is 16.0. The van der Waals surface area contributed by atoms with Crippen LogP contribution < -0.4 is 5.32 Å². The van der Waals surface area contributed by atoms with Crippen molar-refractivity contribution in [2.45, 2.75) is 13.3 Å². The van der Waals surface area contributed by atoms with Gasteiger partial charge in [-0.05, 0) is 42.7 Å². The summed E-state index contributed by atoms with van der Waals surface area (Å²) in [7, 11) is 0. The number of hydrogen-bond donors (Lipinski definition) is 1. The van der Waals surface area contributed by atoms with Crippen molar-refractivity contribution in [3.8, 4) is 0 Å². The average Bonchev–Trinajstić information content (AvgIpc) is 3.04. The van der Waals surface area contributed by atoms with E-state index in [1.807, 2.05) is 53.8 Å². The molecule has 2 aromatic carbocycles. The van der Waals surface area contributed by atoms with Crippen molar-refractivity contribution in [2.75, 3.05) is 5.32 Å². The van der Waals surface area contributed by atoms with Gasteiger partial charge in [-0.15, -0.1) is 10.2 Å². The molecule has 0 aliphatic heterocycles. The van der Waals surface area contributed by atoms with Gasteiger partial charge in [0.25, 0.3) is 5.91 Å². The predicted octanol–water partition coefficient (Wildman–Crippen LogP) is 3.88. The number of rotatable bonds is 4. The Labute approximate surface area is 151 Å². The number of hydrogen-bond acceptors (Lipinski definition) is 3. The number of carbonyl (C=O) groups is 1. The summed E-state index contributed by atoms with van der Waals surface area (Å²) in [5, 5.41) is 11.1. The molecule has 26 heavy (non-hydrogen) atoms. The molecule has 2 heterocycles. The lowest BCUT2D eigenvalue weighted by Gasteiger charge is -2.11. The maximum atomic E-state index is 12.7. The van der Waals surface area contributed by atoms with Crippen LogP contribution in [0.5, 0.6) is 0 Å². The van der Waals surface area contributed by atoms with Crippen molar-refractivity contribution in [3.63, 3.8) is 0 Å². The van der Waals surface area contributed by atoms with Gasteiger partial charge in [-0.2, -0.15) is 0 Å². The van der Waals surface area contributed by atoms with E-state index in [0.29, 0.717) is 5.56 Å². The van der Waals surface area contributed by atoms with Crippen molar-refractivity contribution in [3.05, 3.63) is 95.4 Å². The highest BCUT2D eigenvalue weighted by molar-refractivity contribution is 6.04. The lowest BCUT2D eigenvalue weighted by Crippen LogP contribution is -2.14.